The van der Waals surface area contributed by atoms with Gasteiger partial charge >= 0.3 is 0 Å². The third-order valence-electron chi connectivity index (χ3n) is 5.43. The van der Waals surface area contributed by atoms with Gasteiger partial charge in [0.2, 0.25) is 5.91 Å². The van der Waals surface area contributed by atoms with E-state index in [0.29, 0.717) is 11.5 Å². The van der Waals surface area contributed by atoms with Gasteiger partial charge in [0.15, 0.2) is 5.11 Å². The fourth-order valence-electron chi connectivity index (χ4n) is 5.06. The van der Waals surface area contributed by atoms with Crippen LogP contribution in [0.2, 0.25) is 0 Å². The average Bonchev–Trinajstić information content (AvgIpc) is 2.33. The van der Waals surface area contributed by atoms with Crippen LogP contribution in [-0.2, 0) is 4.79 Å². The second-order valence-electron chi connectivity index (χ2n) is 7.30. The summed E-state index contributed by atoms with van der Waals surface area (Å²) >= 11 is 5.37. The standard InChI is InChI=1S/C16H26N2OS/c1-2-3-4-14(19)17-15(20)18-16-8-11-5-12(9-16)7-13(6-11)10-16/h11-13H,2-10H2,1H3,(H2,17,18,19,20). The van der Waals surface area contributed by atoms with Crippen molar-refractivity contribution in [2.45, 2.75) is 70.3 Å². The Labute approximate surface area is 127 Å². The Bertz CT molecular complexity index is 372. The van der Waals surface area contributed by atoms with E-state index in [1.807, 2.05) is 0 Å². The molecule has 0 heterocycles. The molecule has 0 saturated heterocycles. The fourth-order valence-corrected chi connectivity index (χ4v) is 5.39. The van der Waals surface area contributed by atoms with Gasteiger partial charge in [-0.25, -0.2) is 0 Å². The van der Waals surface area contributed by atoms with Crippen LogP contribution in [0.15, 0.2) is 0 Å². The summed E-state index contributed by atoms with van der Waals surface area (Å²) in [6.45, 7) is 2.10. The molecule has 112 valence electrons. The lowest BCUT2D eigenvalue weighted by Gasteiger charge is -2.57. The minimum absolute atomic E-state index is 0.0640. The van der Waals surface area contributed by atoms with E-state index >= 15 is 0 Å². The molecule has 4 aliphatic rings. The maximum atomic E-state index is 11.8. The second-order valence-corrected chi connectivity index (χ2v) is 7.71. The smallest absolute Gasteiger partial charge is 0.226 e. The van der Waals surface area contributed by atoms with Crippen LogP contribution in [0.25, 0.3) is 0 Å². The van der Waals surface area contributed by atoms with Crippen molar-refractivity contribution in [2.75, 3.05) is 0 Å². The normalized spacial score (nSPS) is 37.8. The molecule has 0 aromatic rings. The summed E-state index contributed by atoms with van der Waals surface area (Å²) < 4.78 is 0. The molecule has 4 saturated carbocycles. The van der Waals surface area contributed by atoms with Gasteiger partial charge in [0.1, 0.15) is 0 Å². The summed E-state index contributed by atoms with van der Waals surface area (Å²) in [4.78, 5) is 11.8. The van der Waals surface area contributed by atoms with Crippen LogP contribution in [0.1, 0.15) is 64.7 Å². The molecule has 1 amide bonds. The molecule has 0 aromatic heterocycles. The molecule has 0 aromatic carbocycles. The summed E-state index contributed by atoms with van der Waals surface area (Å²) in [5.74, 6) is 2.75. The number of hydrogen-bond donors (Lipinski definition) is 2. The van der Waals surface area contributed by atoms with Crippen molar-refractivity contribution < 1.29 is 4.79 Å². The summed E-state index contributed by atoms with van der Waals surface area (Å²) in [6.07, 6.45) is 10.6. The number of carbonyl (C=O) groups excluding carboxylic acids is 1. The molecule has 4 bridgehead atoms. The summed E-state index contributed by atoms with van der Waals surface area (Å²) in [5, 5.41) is 6.97. The van der Waals surface area contributed by atoms with Crippen LogP contribution in [0, 0.1) is 17.8 Å². The lowest BCUT2D eigenvalue weighted by Crippen LogP contribution is -2.61. The molecule has 4 aliphatic carbocycles. The highest BCUT2D eigenvalue weighted by molar-refractivity contribution is 7.80. The van der Waals surface area contributed by atoms with Gasteiger partial charge in [-0.2, -0.15) is 0 Å². The number of amides is 1. The van der Waals surface area contributed by atoms with Crippen molar-refractivity contribution in [1.82, 2.24) is 10.6 Å². The Hall–Kier alpha value is -0.640. The molecule has 4 fully saturated rings. The van der Waals surface area contributed by atoms with Gasteiger partial charge in [-0.1, -0.05) is 13.3 Å². The van der Waals surface area contributed by atoms with E-state index in [0.717, 1.165) is 30.6 Å². The van der Waals surface area contributed by atoms with E-state index in [2.05, 4.69) is 17.6 Å². The third-order valence-corrected chi connectivity index (χ3v) is 5.63. The summed E-state index contributed by atoms with van der Waals surface area (Å²) in [7, 11) is 0. The fraction of sp³-hybridized carbons (Fsp3) is 0.875. The maximum absolute atomic E-state index is 11.8. The Kier molecular flexibility index (Phi) is 4.02. The van der Waals surface area contributed by atoms with Crippen LogP contribution in [0.5, 0.6) is 0 Å². The van der Waals surface area contributed by atoms with Crippen LogP contribution in [-0.4, -0.2) is 16.6 Å². The number of rotatable bonds is 4. The first-order valence-electron chi connectivity index (χ1n) is 8.20. The molecule has 2 N–H and O–H groups in total. The van der Waals surface area contributed by atoms with Crippen LogP contribution in [0.4, 0.5) is 0 Å². The maximum Gasteiger partial charge on any atom is 0.226 e. The number of thiocarbonyl (C=S) groups is 1. The van der Waals surface area contributed by atoms with E-state index in [4.69, 9.17) is 12.2 Å². The zero-order valence-electron chi connectivity index (χ0n) is 12.4. The van der Waals surface area contributed by atoms with Crippen molar-refractivity contribution in [2.24, 2.45) is 17.8 Å². The van der Waals surface area contributed by atoms with Crippen molar-refractivity contribution in [3.63, 3.8) is 0 Å². The lowest BCUT2D eigenvalue weighted by atomic mass is 9.53. The van der Waals surface area contributed by atoms with Crippen molar-refractivity contribution >= 4 is 23.2 Å². The molecule has 0 spiro atoms. The van der Waals surface area contributed by atoms with Gasteiger partial charge in [0.25, 0.3) is 0 Å². The Balaban J connectivity index is 1.55. The van der Waals surface area contributed by atoms with Crippen LogP contribution >= 0.6 is 12.2 Å². The predicted octanol–water partition coefficient (Wildman–Crippen LogP) is 3.14. The second kappa shape index (κ2) is 5.63. The van der Waals surface area contributed by atoms with Gasteiger partial charge in [-0.3, -0.25) is 4.79 Å². The Morgan fingerprint density at radius 1 is 1.15 bits per heavy atom. The highest BCUT2D eigenvalue weighted by Gasteiger charge is 2.51. The average molecular weight is 294 g/mol. The minimum Gasteiger partial charge on any atom is -0.357 e. The van der Waals surface area contributed by atoms with Gasteiger partial charge in [0, 0.05) is 12.0 Å². The monoisotopic (exact) mass is 294 g/mol. The largest absolute Gasteiger partial charge is 0.357 e. The van der Waals surface area contributed by atoms with Gasteiger partial charge < -0.3 is 10.6 Å². The van der Waals surface area contributed by atoms with E-state index < -0.39 is 0 Å². The van der Waals surface area contributed by atoms with E-state index in [-0.39, 0.29) is 11.4 Å². The Morgan fingerprint density at radius 3 is 2.20 bits per heavy atom. The summed E-state index contributed by atoms with van der Waals surface area (Å²) in [6, 6.07) is 0. The molecule has 0 aliphatic heterocycles. The molecule has 0 unspecified atom stereocenters. The molecule has 4 rings (SSSR count). The lowest BCUT2D eigenvalue weighted by molar-refractivity contribution is -0.119. The van der Waals surface area contributed by atoms with Gasteiger partial charge in [-0.05, 0) is 74.9 Å². The van der Waals surface area contributed by atoms with Crippen molar-refractivity contribution in [3.8, 4) is 0 Å². The van der Waals surface area contributed by atoms with Gasteiger partial charge in [-0.15, -0.1) is 0 Å². The van der Waals surface area contributed by atoms with Crippen molar-refractivity contribution in [3.05, 3.63) is 0 Å². The van der Waals surface area contributed by atoms with E-state index in [1.54, 1.807) is 0 Å². The first kappa shape index (κ1) is 14.3. The van der Waals surface area contributed by atoms with Crippen molar-refractivity contribution in [1.29, 1.82) is 0 Å². The van der Waals surface area contributed by atoms with E-state index in [9.17, 15) is 4.79 Å². The number of unbranched alkanes of at least 4 members (excludes halogenated alkanes) is 1. The van der Waals surface area contributed by atoms with Crippen LogP contribution in [0.3, 0.4) is 0 Å². The van der Waals surface area contributed by atoms with Crippen LogP contribution < -0.4 is 10.6 Å². The number of hydrogen-bond acceptors (Lipinski definition) is 2. The summed E-state index contributed by atoms with van der Waals surface area (Å²) in [5.41, 5.74) is 0.198. The molecular weight excluding hydrogens is 268 g/mol. The quantitative estimate of drug-likeness (QED) is 0.783. The zero-order chi connectivity index (χ0) is 14.2. The molecule has 3 nitrogen and oxygen atoms in total. The number of nitrogens with one attached hydrogen (secondary N) is 2. The van der Waals surface area contributed by atoms with Gasteiger partial charge in [0.05, 0.1) is 0 Å². The predicted molar refractivity (Wildman–Crippen MR) is 84.3 cm³/mol. The topological polar surface area (TPSA) is 41.1 Å². The highest BCUT2D eigenvalue weighted by atomic mass is 32.1. The molecule has 20 heavy (non-hydrogen) atoms. The zero-order valence-corrected chi connectivity index (χ0v) is 13.2. The molecule has 4 heteroatoms. The number of carbonyl (C=O) groups is 1. The molecule has 0 radical (unpaired) electrons. The SMILES string of the molecule is CCCCC(=O)NC(=S)NC12CC3CC(CC(C3)C1)C2. The molecule has 0 atom stereocenters. The molecular formula is C16H26N2OS. The highest BCUT2D eigenvalue weighted by Crippen LogP contribution is 2.55. The third kappa shape index (κ3) is 3.00. The Morgan fingerprint density at radius 2 is 1.70 bits per heavy atom. The minimum atomic E-state index is 0.0640. The first-order chi connectivity index (χ1) is 9.58. The van der Waals surface area contributed by atoms with E-state index in [1.165, 1.54) is 38.5 Å². The first-order valence-corrected chi connectivity index (χ1v) is 8.61.